The first kappa shape index (κ1) is 29.9. The van der Waals surface area contributed by atoms with E-state index < -0.39 is 17.4 Å². The third kappa shape index (κ3) is 5.58. The highest BCUT2D eigenvalue weighted by Gasteiger charge is 2.38. The van der Waals surface area contributed by atoms with Gasteiger partial charge in [-0.3, -0.25) is 5.01 Å². The van der Waals surface area contributed by atoms with Crippen molar-refractivity contribution in [3.8, 4) is 0 Å². The fourth-order valence-electron chi connectivity index (χ4n) is 5.40. The van der Waals surface area contributed by atoms with Gasteiger partial charge in [-0.25, -0.2) is 9.97 Å². The number of halogens is 5. The lowest BCUT2D eigenvalue weighted by atomic mass is 9.81. The molecule has 0 bridgehead atoms. The van der Waals surface area contributed by atoms with E-state index in [0.717, 1.165) is 36.4 Å². The smallest absolute Gasteiger partial charge is 0.374 e. The Morgan fingerprint density at radius 3 is 2.36 bits per heavy atom. The molecule has 0 saturated heterocycles. The van der Waals surface area contributed by atoms with Crippen molar-refractivity contribution in [1.82, 2.24) is 14.5 Å². The number of imidazole rings is 1. The molecule has 0 radical (unpaired) electrons. The van der Waals surface area contributed by atoms with E-state index >= 15 is 0 Å². The number of pyridine rings is 1. The number of fused-ring (bicyclic) bond motifs is 1. The first-order valence-corrected chi connectivity index (χ1v) is 14.5. The van der Waals surface area contributed by atoms with Crippen LogP contribution in [0.3, 0.4) is 0 Å². The molecule has 1 aliphatic carbocycles. The normalized spacial score (nSPS) is 16.6. The number of aromatic nitrogens is 3. The summed E-state index contributed by atoms with van der Waals surface area (Å²) < 4.78 is 42.4. The standard InChI is InChI=1S/C33H26Cl2F3N5O/c1-42-20-39-19-29(42)32(44,22-5-2-3-6-23(10-9-22)33(36,37)38)24-11-14-28-26(18-24)30(34)27(31(35)41-28)17-21-7-12-25(13-8-21)43-16-4-15-40-43/h2-3,5-15,18-20,44H,4,16-17H2,1H3. The molecule has 0 spiro atoms. The molecule has 0 saturated carbocycles. The zero-order valence-corrected chi connectivity index (χ0v) is 24.9. The topological polar surface area (TPSA) is 66.5 Å². The van der Waals surface area contributed by atoms with Crippen LogP contribution < -0.4 is 5.01 Å². The molecule has 44 heavy (non-hydrogen) atoms. The van der Waals surface area contributed by atoms with Gasteiger partial charge in [0.05, 0.1) is 40.0 Å². The van der Waals surface area contributed by atoms with Gasteiger partial charge in [-0.1, -0.05) is 71.8 Å². The third-order valence-electron chi connectivity index (χ3n) is 7.73. The van der Waals surface area contributed by atoms with Crippen molar-refractivity contribution in [2.24, 2.45) is 12.1 Å². The number of anilines is 1. The average molecular weight is 637 g/mol. The summed E-state index contributed by atoms with van der Waals surface area (Å²) in [5, 5.41) is 19.9. The summed E-state index contributed by atoms with van der Waals surface area (Å²) in [6.45, 7) is 0.836. The van der Waals surface area contributed by atoms with E-state index in [2.05, 4.69) is 15.1 Å². The second kappa shape index (κ2) is 11.7. The summed E-state index contributed by atoms with van der Waals surface area (Å²) in [4.78, 5) is 8.74. The minimum Gasteiger partial charge on any atom is -0.374 e. The zero-order valence-electron chi connectivity index (χ0n) is 23.4. The summed E-state index contributed by atoms with van der Waals surface area (Å²) in [7, 11) is 1.70. The van der Waals surface area contributed by atoms with Crippen molar-refractivity contribution in [3.05, 3.63) is 135 Å². The molecular formula is C33H26Cl2F3N5O. The van der Waals surface area contributed by atoms with Gasteiger partial charge in [0.15, 0.2) is 5.60 Å². The number of benzene rings is 2. The largest absolute Gasteiger partial charge is 0.416 e. The van der Waals surface area contributed by atoms with E-state index in [-0.39, 0.29) is 10.7 Å². The summed E-state index contributed by atoms with van der Waals surface area (Å²) in [6.07, 6.45) is 9.14. The molecule has 224 valence electrons. The van der Waals surface area contributed by atoms with Crippen LogP contribution in [-0.4, -0.2) is 38.6 Å². The van der Waals surface area contributed by atoms with Crippen molar-refractivity contribution in [3.63, 3.8) is 0 Å². The molecule has 2 aromatic heterocycles. The van der Waals surface area contributed by atoms with Gasteiger partial charge in [0.25, 0.3) is 0 Å². The van der Waals surface area contributed by atoms with Crippen molar-refractivity contribution in [2.75, 3.05) is 11.6 Å². The molecular weight excluding hydrogens is 610 g/mol. The number of aliphatic hydroxyl groups is 1. The molecule has 1 atom stereocenters. The van der Waals surface area contributed by atoms with Crippen LogP contribution in [-0.2, 0) is 19.1 Å². The molecule has 2 aliphatic rings. The molecule has 0 amide bonds. The van der Waals surface area contributed by atoms with Gasteiger partial charge >= 0.3 is 6.18 Å². The van der Waals surface area contributed by atoms with Gasteiger partial charge in [-0.05, 0) is 47.0 Å². The van der Waals surface area contributed by atoms with E-state index in [9.17, 15) is 18.3 Å². The Hall–Kier alpha value is -4.18. The number of aryl methyl sites for hydroxylation is 1. The Bertz CT molecular complexity index is 1890. The van der Waals surface area contributed by atoms with Crippen molar-refractivity contribution >= 4 is 46.0 Å². The quantitative estimate of drug-likeness (QED) is 0.219. The maximum absolute atomic E-state index is 13.6. The number of alkyl halides is 3. The predicted molar refractivity (Wildman–Crippen MR) is 168 cm³/mol. The monoisotopic (exact) mass is 635 g/mol. The van der Waals surface area contributed by atoms with Crippen LogP contribution in [0.5, 0.6) is 0 Å². The molecule has 2 aromatic carbocycles. The summed E-state index contributed by atoms with van der Waals surface area (Å²) in [5.74, 6) is 0. The van der Waals surface area contributed by atoms with Crippen molar-refractivity contribution in [1.29, 1.82) is 0 Å². The van der Waals surface area contributed by atoms with E-state index in [4.69, 9.17) is 23.2 Å². The molecule has 4 aromatic rings. The van der Waals surface area contributed by atoms with Gasteiger partial charge < -0.3 is 9.67 Å². The Kier molecular flexibility index (Phi) is 7.96. The number of rotatable bonds is 6. The lowest BCUT2D eigenvalue weighted by molar-refractivity contribution is -0.0881. The molecule has 0 fully saturated rings. The van der Waals surface area contributed by atoms with Crippen molar-refractivity contribution < 1.29 is 18.3 Å². The fourth-order valence-corrected chi connectivity index (χ4v) is 6.01. The molecule has 3 heterocycles. The predicted octanol–water partition coefficient (Wildman–Crippen LogP) is 7.84. The highest BCUT2D eigenvalue weighted by Crippen LogP contribution is 2.41. The maximum atomic E-state index is 13.6. The Morgan fingerprint density at radius 2 is 1.70 bits per heavy atom. The van der Waals surface area contributed by atoms with Gasteiger partial charge in [-0.2, -0.15) is 18.3 Å². The van der Waals surface area contributed by atoms with E-state index in [1.807, 2.05) is 35.5 Å². The highest BCUT2D eigenvalue weighted by atomic mass is 35.5. The minimum atomic E-state index is -4.56. The summed E-state index contributed by atoms with van der Waals surface area (Å²) >= 11 is 13.6. The molecule has 1 unspecified atom stereocenters. The molecule has 1 aliphatic heterocycles. The van der Waals surface area contributed by atoms with Gasteiger partial charge in [0, 0.05) is 43.6 Å². The molecule has 11 heteroatoms. The Morgan fingerprint density at radius 1 is 0.977 bits per heavy atom. The second-order valence-electron chi connectivity index (χ2n) is 10.5. The summed E-state index contributed by atoms with van der Waals surface area (Å²) in [6, 6.07) is 13.0. The zero-order chi connectivity index (χ0) is 31.1. The van der Waals surface area contributed by atoms with E-state index in [0.29, 0.717) is 39.2 Å². The first-order valence-electron chi connectivity index (χ1n) is 13.8. The number of nitrogens with zero attached hydrogens (tertiary/aromatic N) is 5. The lowest BCUT2D eigenvalue weighted by Crippen LogP contribution is -2.31. The lowest BCUT2D eigenvalue weighted by Gasteiger charge is -2.31. The second-order valence-corrected chi connectivity index (χ2v) is 11.3. The van der Waals surface area contributed by atoms with E-state index in [1.165, 1.54) is 30.8 Å². The van der Waals surface area contributed by atoms with Gasteiger partial charge in [0.2, 0.25) is 0 Å². The van der Waals surface area contributed by atoms with Crippen LogP contribution in [0.2, 0.25) is 10.2 Å². The number of hydrogen-bond acceptors (Lipinski definition) is 5. The van der Waals surface area contributed by atoms with Gasteiger partial charge in [-0.15, -0.1) is 0 Å². The fraction of sp³-hybridized carbons (Fsp3) is 0.182. The van der Waals surface area contributed by atoms with Crippen LogP contribution in [0.1, 0.15) is 28.8 Å². The molecule has 6 rings (SSSR count). The van der Waals surface area contributed by atoms with Crippen molar-refractivity contribution in [2.45, 2.75) is 24.6 Å². The summed E-state index contributed by atoms with van der Waals surface area (Å²) in [5.41, 5.74) is 1.24. The van der Waals surface area contributed by atoms with Crippen LogP contribution in [0, 0.1) is 0 Å². The van der Waals surface area contributed by atoms with Crippen LogP contribution >= 0.6 is 23.2 Å². The maximum Gasteiger partial charge on any atom is 0.416 e. The number of allylic oxidation sites excluding steroid dienone is 6. The number of hydrogen-bond donors (Lipinski definition) is 1. The van der Waals surface area contributed by atoms with Gasteiger partial charge in [0.1, 0.15) is 5.15 Å². The van der Waals surface area contributed by atoms with E-state index in [1.54, 1.807) is 35.9 Å². The Balaban J connectivity index is 1.44. The highest BCUT2D eigenvalue weighted by molar-refractivity contribution is 6.39. The molecule has 6 nitrogen and oxygen atoms in total. The van der Waals surface area contributed by atoms with Crippen LogP contribution in [0.4, 0.5) is 18.9 Å². The van der Waals surface area contributed by atoms with Crippen LogP contribution in [0.15, 0.2) is 108 Å². The molecule has 1 N–H and O–H groups in total. The first-order chi connectivity index (χ1) is 21.1. The Labute approximate surface area is 261 Å². The average Bonchev–Trinajstić information content (AvgIpc) is 3.67. The van der Waals surface area contributed by atoms with Crippen LogP contribution in [0.25, 0.3) is 10.9 Å². The number of hydrazone groups is 1. The minimum absolute atomic E-state index is 0.201. The SMILES string of the molecule is Cn1cncc1C(O)(C1=CC=C(C(F)(F)F)C=CC=C1)c1ccc2nc(Cl)c(Cc3ccc(N4CCC=N4)cc3)c(Cl)c2c1. The third-order valence-corrected chi connectivity index (χ3v) is 8.47.